The predicted molar refractivity (Wildman–Crippen MR) is 81.4 cm³/mol. The van der Waals surface area contributed by atoms with Crippen LogP contribution in [0.2, 0.25) is 0 Å². The molecule has 20 heavy (non-hydrogen) atoms. The zero-order valence-corrected chi connectivity index (χ0v) is 13.6. The van der Waals surface area contributed by atoms with E-state index in [0.29, 0.717) is 0 Å². The van der Waals surface area contributed by atoms with Gasteiger partial charge in [0.25, 0.3) is 0 Å². The number of aryl methyl sites for hydroxylation is 1. The Kier molecular flexibility index (Phi) is 4.67. The first-order valence-electron chi connectivity index (χ1n) is 6.19. The van der Waals surface area contributed by atoms with Gasteiger partial charge in [0, 0.05) is 18.7 Å². The fourth-order valence-electron chi connectivity index (χ4n) is 2.24. The highest BCUT2D eigenvalue weighted by molar-refractivity contribution is 9.10. The molecule has 1 unspecified atom stereocenters. The van der Waals surface area contributed by atoms with Crippen molar-refractivity contribution in [3.05, 3.63) is 40.1 Å². The number of methoxy groups -OCH3 is 2. The van der Waals surface area contributed by atoms with Crippen LogP contribution in [0.3, 0.4) is 0 Å². The van der Waals surface area contributed by atoms with E-state index in [4.69, 9.17) is 9.47 Å². The zero-order valence-electron chi connectivity index (χ0n) is 12.0. The van der Waals surface area contributed by atoms with E-state index in [1.807, 2.05) is 37.0 Å². The van der Waals surface area contributed by atoms with Gasteiger partial charge in [0.1, 0.15) is 11.5 Å². The van der Waals surface area contributed by atoms with Gasteiger partial charge < -0.3 is 14.8 Å². The Bertz CT molecular complexity index is 579. The number of nitrogens with one attached hydrogen (secondary N) is 1. The third-order valence-electron chi connectivity index (χ3n) is 3.25. The van der Waals surface area contributed by atoms with Crippen LogP contribution < -0.4 is 14.8 Å². The molecule has 1 atom stereocenters. The summed E-state index contributed by atoms with van der Waals surface area (Å²) in [5.74, 6) is 1.54. The van der Waals surface area contributed by atoms with Crippen LogP contribution in [-0.4, -0.2) is 31.0 Å². The molecule has 0 fully saturated rings. The van der Waals surface area contributed by atoms with Gasteiger partial charge in [0.2, 0.25) is 0 Å². The second-order valence-electron chi connectivity index (χ2n) is 4.33. The number of nitrogens with zero attached hydrogens (tertiary/aromatic N) is 2. The summed E-state index contributed by atoms with van der Waals surface area (Å²) in [6.07, 6.45) is 1.79. The minimum Gasteiger partial charge on any atom is -0.497 e. The summed E-state index contributed by atoms with van der Waals surface area (Å²) in [7, 11) is 7.12. The molecule has 0 saturated carbocycles. The molecule has 0 bridgehead atoms. The van der Waals surface area contributed by atoms with Crippen molar-refractivity contribution < 1.29 is 9.47 Å². The fourth-order valence-corrected chi connectivity index (χ4v) is 2.82. The van der Waals surface area contributed by atoms with E-state index < -0.39 is 0 Å². The van der Waals surface area contributed by atoms with Gasteiger partial charge in [-0.2, -0.15) is 5.10 Å². The molecule has 5 nitrogen and oxygen atoms in total. The molecule has 0 aliphatic carbocycles. The molecule has 0 aliphatic heterocycles. The SMILES string of the molecule is CNC(c1ccc(OC)cc1OC)c1c(Br)cnn1C. The molecular weight excluding hydrogens is 322 g/mol. The minimum absolute atomic E-state index is 0.0299. The number of aromatic nitrogens is 2. The van der Waals surface area contributed by atoms with Gasteiger partial charge in [-0.3, -0.25) is 4.68 Å². The molecule has 108 valence electrons. The van der Waals surface area contributed by atoms with Crippen molar-refractivity contribution in [3.63, 3.8) is 0 Å². The Morgan fingerprint density at radius 1 is 1.30 bits per heavy atom. The smallest absolute Gasteiger partial charge is 0.127 e. The molecule has 0 spiro atoms. The van der Waals surface area contributed by atoms with E-state index in [2.05, 4.69) is 26.3 Å². The van der Waals surface area contributed by atoms with Gasteiger partial charge in [-0.15, -0.1) is 0 Å². The Morgan fingerprint density at radius 2 is 2.05 bits per heavy atom. The molecule has 1 N–H and O–H groups in total. The minimum atomic E-state index is -0.0299. The summed E-state index contributed by atoms with van der Waals surface area (Å²) in [5.41, 5.74) is 2.07. The normalized spacial score (nSPS) is 12.2. The Hall–Kier alpha value is -1.53. The monoisotopic (exact) mass is 339 g/mol. The summed E-state index contributed by atoms with van der Waals surface area (Å²) >= 11 is 3.54. The van der Waals surface area contributed by atoms with Crippen LogP contribution in [0, 0.1) is 0 Å². The van der Waals surface area contributed by atoms with Crippen molar-refractivity contribution in [2.75, 3.05) is 21.3 Å². The molecular formula is C14H18BrN3O2. The van der Waals surface area contributed by atoms with Crippen LogP contribution in [0.1, 0.15) is 17.3 Å². The highest BCUT2D eigenvalue weighted by Gasteiger charge is 2.22. The lowest BCUT2D eigenvalue weighted by Gasteiger charge is -2.20. The van der Waals surface area contributed by atoms with Crippen LogP contribution in [-0.2, 0) is 7.05 Å². The lowest BCUT2D eigenvalue weighted by molar-refractivity contribution is 0.387. The van der Waals surface area contributed by atoms with Crippen LogP contribution in [0.15, 0.2) is 28.9 Å². The molecule has 0 aliphatic rings. The largest absolute Gasteiger partial charge is 0.497 e. The van der Waals surface area contributed by atoms with Gasteiger partial charge in [-0.25, -0.2) is 0 Å². The summed E-state index contributed by atoms with van der Waals surface area (Å²) in [6, 6.07) is 5.77. The highest BCUT2D eigenvalue weighted by Crippen LogP contribution is 2.35. The lowest BCUT2D eigenvalue weighted by atomic mass is 10.0. The van der Waals surface area contributed by atoms with Crippen molar-refractivity contribution >= 4 is 15.9 Å². The van der Waals surface area contributed by atoms with E-state index >= 15 is 0 Å². The Labute approximate surface area is 127 Å². The van der Waals surface area contributed by atoms with E-state index in [0.717, 1.165) is 27.2 Å². The first-order valence-corrected chi connectivity index (χ1v) is 6.98. The Morgan fingerprint density at radius 3 is 2.55 bits per heavy atom. The van der Waals surface area contributed by atoms with E-state index in [-0.39, 0.29) is 6.04 Å². The first kappa shape index (κ1) is 14.9. The van der Waals surface area contributed by atoms with E-state index in [1.54, 1.807) is 20.4 Å². The first-order chi connectivity index (χ1) is 9.62. The van der Waals surface area contributed by atoms with Crippen LogP contribution in [0.5, 0.6) is 11.5 Å². The predicted octanol–water partition coefficient (Wildman–Crippen LogP) is 2.51. The molecule has 1 heterocycles. The molecule has 0 amide bonds. The van der Waals surface area contributed by atoms with E-state index in [1.165, 1.54) is 0 Å². The van der Waals surface area contributed by atoms with Crippen LogP contribution in [0.4, 0.5) is 0 Å². The second-order valence-corrected chi connectivity index (χ2v) is 5.19. The number of ether oxygens (including phenoxy) is 2. The molecule has 2 aromatic rings. The fraction of sp³-hybridized carbons (Fsp3) is 0.357. The maximum Gasteiger partial charge on any atom is 0.127 e. The van der Waals surface area contributed by atoms with Gasteiger partial charge in [0.05, 0.1) is 36.6 Å². The highest BCUT2D eigenvalue weighted by atomic mass is 79.9. The summed E-state index contributed by atoms with van der Waals surface area (Å²) < 4.78 is 13.5. The molecule has 0 radical (unpaired) electrons. The standard InChI is InChI=1S/C14H18BrN3O2/c1-16-13(14-11(15)8-17-18(14)2)10-6-5-9(19-3)7-12(10)20-4/h5-8,13,16H,1-4H3. The Balaban J connectivity index is 2.52. The maximum atomic E-state index is 5.48. The zero-order chi connectivity index (χ0) is 14.7. The summed E-state index contributed by atoms with van der Waals surface area (Å²) in [4.78, 5) is 0. The van der Waals surface area contributed by atoms with Gasteiger partial charge >= 0.3 is 0 Å². The average molecular weight is 340 g/mol. The number of rotatable bonds is 5. The second kappa shape index (κ2) is 6.28. The lowest BCUT2D eigenvalue weighted by Crippen LogP contribution is -2.21. The molecule has 1 aromatic carbocycles. The van der Waals surface area contributed by atoms with Gasteiger partial charge in [0.15, 0.2) is 0 Å². The summed E-state index contributed by atoms with van der Waals surface area (Å²) in [6.45, 7) is 0. The molecule has 2 rings (SSSR count). The quantitative estimate of drug-likeness (QED) is 0.909. The molecule has 6 heteroatoms. The third kappa shape index (κ3) is 2.66. The number of benzene rings is 1. The van der Waals surface area contributed by atoms with E-state index in [9.17, 15) is 0 Å². The van der Waals surface area contributed by atoms with Crippen molar-refractivity contribution in [1.29, 1.82) is 0 Å². The van der Waals surface area contributed by atoms with Gasteiger partial charge in [-0.1, -0.05) is 0 Å². The number of halogens is 1. The third-order valence-corrected chi connectivity index (χ3v) is 3.86. The maximum absolute atomic E-state index is 5.48. The van der Waals surface area contributed by atoms with Crippen molar-refractivity contribution in [1.82, 2.24) is 15.1 Å². The number of hydrogen-bond donors (Lipinski definition) is 1. The average Bonchev–Trinajstić information content (AvgIpc) is 2.80. The van der Waals surface area contributed by atoms with Crippen molar-refractivity contribution in [3.8, 4) is 11.5 Å². The van der Waals surface area contributed by atoms with Crippen LogP contribution >= 0.6 is 15.9 Å². The topological polar surface area (TPSA) is 48.3 Å². The number of hydrogen-bond acceptors (Lipinski definition) is 4. The van der Waals surface area contributed by atoms with Crippen molar-refractivity contribution in [2.45, 2.75) is 6.04 Å². The molecule has 1 aromatic heterocycles. The van der Waals surface area contributed by atoms with Crippen LogP contribution in [0.25, 0.3) is 0 Å². The molecule has 0 saturated heterocycles. The van der Waals surface area contributed by atoms with Crippen molar-refractivity contribution in [2.24, 2.45) is 7.05 Å². The van der Waals surface area contributed by atoms with Gasteiger partial charge in [-0.05, 0) is 35.1 Å². The summed E-state index contributed by atoms with van der Waals surface area (Å²) in [5, 5.41) is 7.57.